The Hall–Kier alpha value is -4.54. The molecule has 0 amide bonds. The summed E-state index contributed by atoms with van der Waals surface area (Å²) in [6.45, 7) is 0. The van der Waals surface area contributed by atoms with E-state index in [0.29, 0.717) is 4.48 Å². The third-order valence-electron chi connectivity index (χ3n) is 6.35. The number of allylic oxidation sites excluding steroid dienone is 3. The van der Waals surface area contributed by atoms with E-state index in [0.717, 1.165) is 39.9 Å². The number of hydrogen-bond acceptors (Lipinski definition) is 3. The Morgan fingerprint density at radius 3 is 1.69 bits per heavy atom. The van der Waals surface area contributed by atoms with Gasteiger partial charge in [-0.1, -0.05) is 36.4 Å². The third-order valence-corrected chi connectivity index (χ3v) is 6.35. The van der Waals surface area contributed by atoms with E-state index in [2.05, 4.69) is 108 Å². The van der Waals surface area contributed by atoms with Gasteiger partial charge < -0.3 is 14.4 Å². The quantitative estimate of drug-likeness (QED) is 0.253. The zero-order valence-electron chi connectivity index (χ0n) is 20.5. The van der Waals surface area contributed by atoms with Crippen molar-refractivity contribution < 1.29 is 9.47 Å². The summed E-state index contributed by atoms with van der Waals surface area (Å²) in [4.78, 5) is 2.25. The van der Waals surface area contributed by atoms with Gasteiger partial charge in [-0.3, -0.25) is 0 Å². The van der Waals surface area contributed by atoms with Crippen LogP contribution in [0.2, 0.25) is 0 Å². The molecule has 0 aromatic heterocycles. The lowest BCUT2D eigenvalue weighted by Crippen LogP contribution is -2.31. The van der Waals surface area contributed by atoms with Crippen LogP contribution in [0.1, 0.15) is 0 Å². The van der Waals surface area contributed by atoms with E-state index in [-0.39, 0.29) is 0 Å². The molecule has 36 heavy (non-hydrogen) atoms. The van der Waals surface area contributed by atoms with Crippen molar-refractivity contribution in [1.82, 2.24) is 4.48 Å². The van der Waals surface area contributed by atoms with Crippen molar-refractivity contribution in [3.63, 3.8) is 0 Å². The second-order valence-corrected chi connectivity index (χ2v) is 8.43. The number of nitrogens with zero attached hydrogens (tertiary/aromatic N) is 2. The number of methoxy groups -OCH3 is 2. The fourth-order valence-corrected chi connectivity index (χ4v) is 4.48. The molecule has 0 radical (unpaired) electrons. The van der Waals surface area contributed by atoms with Crippen LogP contribution in [0.5, 0.6) is 11.5 Å². The van der Waals surface area contributed by atoms with Crippen LogP contribution in [0.4, 0.5) is 22.7 Å². The first kappa shape index (κ1) is 23.2. The summed E-state index contributed by atoms with van der Waals surface area (Å²) in [7, 11) is 3.38. The average molecular weight is 474 g/mol. The molecule has 0 saturated heterocycles. The van der Waals surface area contributed by atoms with Crippen molar-refractivity contribution in [2.75, 3.05) is 19.1 Å². The molecule has 0 bridgehead atoms. The van der Waals surface area contributed by atoms with Crippen molar-refractivity contribution >= 4 is 22.7 Å². The first-order chi connectivity index (χ1) is 17.7. The van der Waals surface area contributed by atoms with Crippen molar-refractivity contribution in [1.29, 1.82) is 0 Å². The number of quaternary nitrogens is 1. The fourth-order valence-electron chi connectivity index (χ4n) is 4.48. The number of rotatable bonds is 7. The SMILES string of the molecule is COc1ccc(N(C2=CC=C[N+](c3ccccc3)(c3ccc(OC)cc3)C=C2)c2ccccc2)cc1. The van der Waals surface area contributed by atoms with Crippen LogP contribution >= 0.6 is 0 Å². The van der Waals surface area contributed by atoms with Crippen molar-refractivity contribution in [3.8, 4) is 11.5 Å². The molecule has 0 saturated carbocycles. The number of benzene rings is 4. The van der Waals surface area contributed by atoms with E-state index in [1.807, 2.05) is 36.4 Å². The Balaban J connectivity index is 1.62. The van der Waals surface area contributed by atoms with Crippen LogP contribution in [0.25, 0.3) is 0 Å². The summed E-state index contributed by atoms with van der Waals surface area (Å²) in [5.74, 6) is 1.66. The Kier molecular flexibility index (Phi) is 6.69. The maximum absolute atomic E-state index is 5.41. The Morgan fingerprint density at radius 1 is 0.556 bits per heavy atom. The number of para-hydroxylation sites is 2. The molecule has 1 unspecified atom stereocenters. The molecule has 1 aliphatic heterocycles. The molecule has 1 atom stereocenters. The highest BCUT2D eigenvalue weighted by atomic mass is 16.5. The van der Waals surface area contributed by atoms with E-state index in [9.17, 15) is 0 Å². The average Bonchev–Trinajstić information content (AvgIpc) is 3.19. The van der Waals surface area contributed by atoms with Gasteiger partial charge in [-0.05, 0) is 60.7 Å². The maximum Gasteiger partial charge on any atom is 0.147 e. The van der Waals surface area contributed by atoms with Gasteiger partial charge in [-0.2, -0.15) is 0 Å². The lowest BCUT2D eigenvalue weighted by Gasteiger charge is -2.30. The third kappa shape index (κ3) is 4.54. The molecule has 178 valence electrons. The highest BCUT2D eigenvalue weighted by molar-refractivity contribution is 5.72. The standard InChI is InChI=1S/C32H29N2O2/c1-35-31-19-15-28(16-20-31)33(26-10-5-3-6-11-26)27-12-9-24-34(25-23-27,29-13-7-4-8-14-29)30-17-21-32(36-2)22-18-30/h3-25H,1-2H3/q+1. The van der Waals surface area contributed by atoms with Crippen LogP contribution in [-0.4, -0.2) is 14.2 Å². The molecule has 5 rings (SSSR count). The van der Waals surface area contributed by atoms with Gasteiger partial charge in [-0.25, -0.2) is 4.48 Å². The molecular weight excluding hydrogens is 444 g/mol. The second-order valence-electron chi connectivity index (χ2n) is 8.43. The van der Waals surface area contributed by atoms with Gasteiger partial charge in [0.05, 0.1) is 19.9 Å². The largest absolute Gasteiger partial charge is 0.497 e. The smallest absolute Gasteiger partial charge is 0.147 e. The van der Waals surface area contributed by atoms with Gasteiger partial charge in [0.1, 0.15) is 35.3 Å². The molecular formula is C32H29N2O2+. The van der Waals surface area contributed by atoms with Crippen LogP contribution in [0.15, 0.2) is 146 Å². The highest BCUT2D eigenvalue weighted by Crippen LogP contribution is 2.40. The van der Waals surface area contributed by atoms with Gasteiger partial charge in [0.25, 0.3) is 0 Å². The normalized spacial score (nSPS) is 16.7. The first-order valence-electron chi connectivity index (χ1n) is 11.9. The number of ether oxygens (including phenoxy) is 2. The Bertz CT molecular complexity index is 1380. The van der Waals surface area contributed by atoms with E-state index < -0.39 is 0 Å². The zero-order valence-corrected chi connectivity index (χ0v) is 20.5. The molecule has 4 aromatic rings. The summed E-state index contributed by atoms with van der Waals surface area (Å²) in [6.07, 6.45) is 10.9. The van der Waals surface area contributed by atoms with Crippen molar-refractivity contribution in [2.45, 2.75) is 0 Å². The van der Waals surface area contributed by atoms with Crippen molar-refractivity contribution in [2.24, 2.45) is 0 Å². The molecule has 1 heterocycles. The lowest BCUT2D eigenvalue weighted by molar-refractivity contribution is 0.414. The van der Waals surface area contributed by atoms with Gasteiger partial charge in [0.2, 0.25) is 0 Å². The molecule has 4 heteroatoms. The van der Waals surface area contributed by atoms with Gasteiger partial charge >= 0.3 is 0 Å². The van der Waals surface area contributed by atoms with Gasteiger partial charge in [0.15, 0.2) is 0 Å². The number of hydrogen-bond donors (Lipinski definition) is 0. The molecule has 0 spiro atoms. The minimum Gasteiger partial charge on any atom is -0.497 e. The molecule has 4 nitrogen and oxygen atoms in total. The summed E-state index contributed by atoms with van der Waals surface area (Å²) in [5.41, 5.74) is 5.43. The molecule has 0 N–H and O–H groups in total. The van der Waals surface area contributed by atoms with Gasteiger partial charge in [-0.15, -0.1) is 0 Å². The van der Waals surface area contributed by atoms with E-state index in [4.69, 9.17) is 9.47 Å². The first-order valence-corrected chi connectivity index (χ1v) is 11.9. The summed E-state index contributed by atoms with van der Waals surface area (Å²) in [5, 5.41) is 0. The Morgan fingerprint density at radius 2 is 1.08 bits per heavy atom. The van der Waals surface area contributed by atoms with Crippen molar-refractivity contribution in [3.05, 3.63) is 146 Å². The minimum absolute atomic E-state index is 0.441. The van der Waals surface area contributed by atoms with Crippen LogP contribution in [0, 0.1) is 0 Å². The number of anilines is 2. The zero-order chi connectivity index (χ0) is 24.8. The topological polar surface area (TPSA) is 21.7 Å². The van der Waals surface area contributed by atoms with Crippen LogP contribution < -0.4 is 18.9 Å². The second kappa shape index (κ2) is 10.4. The summed E-state index contributed by atoms with van der Waals surface area (Å²) >= 11 is 0. The van der Waals surface area contributed by atoms with Crippen LogP contribution in [0.3, 0.4) is 0 Å². The van der Waals surface area contributed by atoms with Crippen LogP contribution in [-0.2, 0) is 0 Å². The van der Waals surface area contributed by atoms with E-state index in [1.54, 1.807) is 14.2 Å². The summed E-state index contributed by atoms with van der Waals surface area (Å²) in [6, 6.07) is 37.3. The highest BCUT2D eigenvalue weighted by Gasteiger charge is 2.30. The van der Waals surface area contributed by atoms with E-state index in [1.165, 1.54) is 0 Å². The predicted octanol–water partition coefficient (Wildman–Crippen LogP) is 8.11. The van der Waals surface area contributed by atoms with E-state index >= 15 is 0 Å². The molecule has 4 aromatic carbocycles. The monoisotopic (exact) mass is 473 g/mol. The molecule has 1 aliphatic rings. The van der Waals surface area contributed by atoms with Gasteiger partial charge in [0, 0.05) is 41.7 Å². The predicted molar refractivity (Wildman–Crippen MR) is 149 cm³/mol. The molecule has 0 aliphatic carbocycles. The fraction of sp³-hybridized carbons (Fsp3) is 0.0625. The molecule has 0 fully saturated rings. The lowest BCUT2D eigenvalue weighted by atomic mass is 10.1. The summed E-state index contributed by atoms with van der Waals surface area (Å²) < 4.78 is 11.2. The maximum atomic E-state index is 5.41. The Labute approximate surface area is 212 Å². The minimum atomic E-state index is 0.441.